The Morgan fingerprint density at radius 1 is 1.45 bits per heavy atom. The van der Waals surface area contributed by atoms with Gasteiger partial charge in [-0.05, 0) is 37.1 Å². The van der Waals surface area contributed by atoms with Gasteiger partial charge in [-0.3, -0.25) is 9.69 Å². The molecular formula is C15H19N3O2. The fourth-order valence-electron chi connectivity index (χ4n) is 2.64. The van der Waals surface area contributed by atoms with Crippen LogP contribution in [0.1, 0.15) is 36.5 Å². The first-order valence-corrected chi connectivity index (χ1v) is 6.83. The number of aliphatic hydroxyl groups is 1. The number of hydrogen-bond acceptors (Lipinski definition) is 4. The van der Waals surface area contributed by atoms with E-state index in [-0.39, 0.29) is 11.9 Å². The largest absolute Gasteiger partial charge is 0.387 e. The summed E-state index contributed by atoms with van der Waals surface area (Å²) in [5.74, 6) is -0.322. The molecule has 1 aromatic rings. The van der Waals surface area contributed by atoms with Crippen molar-refractivity contribution in [1.29, 1.82) is 5.26 Å². The molecule has 106 valence electrons. The highest BCUT2D eigenvalue weighted by Crippen LogP contribution is 2.21. The van der Waals surface area contributed by atoms with Gasteiger partial charge in [-0.15, -0.1) is 0 Å². The Morgan fingerprint density at radius 2 is 2.15 bits per heavy atom. The van der Waals surface area contributed by atoms with Crippen molar-refractivity contribution in [2.24, 2.45) is 5.73 Å². The van der Waals surface area contributed by atoms with Gasteiger partial charge in [0.15, 0.2) is 0 Å². The number of carbonyl (C=O) groups is 1. The van der Waals surface area contributed by atoms with E-state index in [9.17, 15) is 9.90 Å². The number of carbonyl (C=O) groups excluding carboxylic acids is 1. The number of amides is 1. The van der Waals surface area contributed by atoms with E-state index in [0.717, 1.165) is 31.4 Å². The molecule has 1 aliphatic rings. The molecule has 0 radical (unpaired) electrons. The highest BCUT2D eigenvalue weighted by molar-refractivity contribution is 5.79. The molecule has 1 amide bonds. The summed E-state index contributed by atoms with van der Waals surface area (Å²) in [7, 11) is 0. The van der Waals surface area contributed by atoms with Crippen LogP contribution >= 0.6 is 0 Å². The quantitative estimate of drug-likeness (QED) is 0.854. The second kappa shape index (κ2) is 6.51. The maximum Gasteiger partial charge on any atom is 0.234 e. The van der Waals surface area contributed by atoms with Crippen molar-refractivity contribution in [1.82, 2.24) is 4.90 Å². The first kappa shape index (κ1) is 14.5. The number of hydrogen-bond donors (Lipinski definition) is 2. The number of nitrogens with two attached hydrogens (primary N) is 1. The molecule has 1 saturated heterocycles. The number of aliphatic hydroxyl groups excluding tert-OH is 1. The second-order valence-electron chi connectivity index (χ2n) is 5.16. The highest BCUT2D eigenvalue weighted by atomic mass is 16.3. The summed E-state index contributed by atoms with van der Waals surface area (Å²) < 4.78 is 0. The van der Waals surface area contributed by atoms with Crippen LogP contribution in [0.15, 0.2) is 24.3 Å². The van der Waals surface area contributed by atoms with Crippen LogP contribution in [0, 0.1) is 11.3 Å². The minimum absolute atomic E-state index is 0.281. The first-order chi connectivity index (χ1) is 9.61. The van der Waals surface area contributed by atoms with Crippen molar-refractivity contribution >= 4 is 5.91 Å². The zero-order valence-electron chi connectivity index (χ0n) is 11.3. The number of β-amino-alcohol motifs (C(OH)–C–C–N with tert-alkyl or cyclic N) is 1. The number of likely N-dealkylation sites (tertiary alicyclic amines) is 1. The molecule has 3 N–H and O–H groups in total. The zero-order chi connectivity index (χ0) is 14.5. The average Bonchev–Trinajstić information content (AvgIpc) is 2.47. The predicted octanol–water partition coefficient (Wildman–Crippen LogP) is 0.931. The average molecular weight is 273 g/mol. The number of benzene rings is 1. The van der Waals surface area contributed by atoms with Gasteiger partial charge in [0.25, 0.3) is 0 Å². The van der Waals surface area contributed by atoms with Crippen molar-refractivity contribution in [2.45, 2.75) is 31.4 Å². The summed E-state index contributed by atoms with van der Waals surface area (Å²) in [4.78, 5) is 13.4. The van der Waals surface area contributed by atoms with Gasteiger partial charge in [-0.25, -0.2) is 0 Å². The smallest absolute Gasteiger partial charge is 0.234 e. The van der Waals surface area contributed by atoms with Gasteiger partial charge >= 0.3 is 0 Å². The van der Waals surface area contributed by atoms with Gasteiger partial charge in [-0.1, -0.05) is 18.6 Å². The van der Waals surface area contributed by atoms with E-state index in [0.29, 0.717) is 12.1 Å². The van der Waals surface area contributed by atoms with Gasteiger partial charge in [0.05, 0.1) is 23.8 Å². The highest BCUT2D eigenvalue weighted by Gasteiger charge is 2.28. The van der Waals surface area contributed by atoms with Crippen LogP contribution < -0.4 is 5.73 Å². The lowest BCUT2D eigenvalue weighted by Crippen LogP contribution is -2.49. The lowest BCUT2D eigenvalue weighted by molar-refractivity contribution is -0.125. The van der Waals surface area contributed by atoms with Crippen molar-refractivity contribution in [3.63, 3.8) is 0 Å². The Balaban J connectivity index is 2.03. The topological polar surface area (TPSA) is 90.3 Å². The van der Waals surface area contributed by atoms with Gasteiger partial charge < -0.3 is 10.8 Å². The maximum absolute atomic E-state index is 11.4. The van der Waals surface area contributed by atoms with Crippen LogP contribution in [-0.2, 0) is 4.79 Å². The van der Waals surface area contributed by atoms with Gasteiger partial charge in [0, 0.05) is 6.54 Å². The molecule has 2 rings (SSSR count). The molecule has 5 nitrogen and oxygen atoms in total. The first-order valence-electron chi connectivity index (χ1n) is 6.83. The van der Waals surface area contributed by atoms with Crippen LogP contribution in [0.2, 0.25) is 0 Å². The van der Waals surface area contributed by atoms with Crippen LogP contribution in [-0.4, -0.2) is 35.0 Å². The monoisotopic (exact) mass is 273 g/mol. The van der Waals surface area contributed by atoms with Crippen molar-refractivity contribution in [3.8, 4) is 6.07 Å². The Hall–Kier alpha value is -1.90. The SMILES string of the molecule is N#Cc1ccc(C(O)CN2CCCCC2C(N)=O)cc1. The van der Waals surface area contributed by atoms with Crippen LogP contribution in [0.5, 0.6) is 0 Å². The molecule has 1 fully saturated rings. The van der Waals surface area contributed by atoms with E-state index in [1.165, 1.54) is 0 Å². The van der Waals surface area contributed by atoms with E-state index < -0.39 is 6.10 Å². The molecule has 2 unspecified atom stereocenters. The van der Waals surface area contributed by atoms with Gasteiger partial charge in [0.2, 0.25) is 5.91 Å². The van der Waals surface area contributed by atoms with Crippen LogP contribution in [0.25, 0.3) is 0 Å². The minimum Gasteiger partial charge on any atom is -0.387 e. The number of rotatable bonds is 4. The Kier molecular flexibility index (Phi) is 4.72. The molecule has 0 spiro atoms. The van der Waals surface area contributed by atoms with Crippen molar-refractivity contribution in [2.75, 3.05) is 13.1 Å². The number of nitrogens with zero attached hydrogens (tertiary/aromatic N) is 2. The van der Waals surface area contributed by atoms with Crippen molar-refractivity contribution < 1.29 is 9.90 Å². The standard InChI is InChI=1S/C15H19N3O2/c16-9-11-4-6-12(7-5-11)14(19)10-18-8-2-1-3-13(18)15(17)20/h4-7,13-14,19H,1-3,8,10H2,(H2,17,20). The summed E-state index contributed by atoms with van der Waals surface area (Å²) in [6, 6.07) is 8.61. The molecule has 1 heterocycles. The zero-order valence-corrected chi connectivity index (χ0v) is 11.3. The van der Waals surface area contributed by atoms with Crippen molar-refractivity contribution in [3.05, 3.63) is 35.4 Å². The Labute approximate surface area is 118 Å². The van der Waals surface area contributed by atoms with E-state index in [2.05, 4.69) is 0 Å². The molecule has 0 aliphatic carbocycles. The lowest BCUT2D eigenvalue weighted by atomic mass is 9.99. The summed E-state index contributed by atoms with van der Waals surface area (Å²) in [6.45, 7) is 1.17. The minimum atomic E-state index is -0.678. The Bertz CT molecular complexity index is 507. The summed E-state index contributed by atoms with van der Waals surface area (Å²) in [5, 5.41) is 19.0. The third-order valence-electron chi connectivity index (χ3n) is 3.77. The number of piperidine rings is 1. The normalized spacial score (nSPS) is 21.1. The second-order valence-corrected chi connectivity index (χ2v) is 5.16. The van der Waals surface area contributed by atoms with E-state index in [1.54, 1.807) is 24.3 Å². The van der Waals surface area contributed by atoms with E-state index >= 15 is 0 Å². The third kappa shape index (κ3) is 3.35. The molecule has 0 bridgehead atoms. The van der Waals surface area contributed by atoms with Crippen LogP contribution in [0.3, 0.4) is 0 Å². The molecule has 2 atom stereocenters. The molecule has 20 heavy (non-hydrogen) atoms. The molecule has 5 heteroatoms. The molecule has 0 saturated carbocycles. The number of nitriles is 1. The van der Waals surface area contributed by atoms with E-state index in [1.807, 2.05) is 11.0 Å². The molecule has 1 aromatic carbocycles. The maximum atomic E-state index is 11.4. The summed E-state index contributed by atoms with van der Waals surface area (Å²) in [5.41, 5.74) is 6.72. The molecule has 0 aromatic heterocycles. The summed E-state index contributed by atoms with van der Waals surface area (Å²) in [6.07, 6.45) is 2.10. The van der Waals surface area contributed by atoms with Gasteiger partial charge in [0.1, 0.15) is 0 Å². The lowest BCUT2D eigenvalue weighted by Gasteiger charge is -2.34. The van der Waals surface area contributed by atoms with Crippen LogP contribution in [0.4, 0.5) is 0 Å². The van der Waals surface area contributed by atoms with Gasteiger partial charge in [-0.2, -0.15) is 5.26 Å². The fraction of sp³-hybridized carbons (Fsp3) is 0.467. The number of primary amides is 1. The third-order valence-corrected chi connectivity index (χ3v) is 3.77. The Morgan fingerprint density at radius 3 is 2.75 bits per heavy atom. The summed E-state index contributed by atoms with van der Waals surface area (Å²) >= 11 is 0. The predicted molar refractivity (Wildman–Crippen MR) is 74.5 cm³/mol. The fourth-order valence-corrected chi connectivity index (χ4v) is 2.64. The molecule has 1 aliphatic heterocycles. The van der Waals surface area contributed by atoms with E-state index in [4.69, 9.17) is 11.0 Å². The molecular weight excluding hydrogens is 254 g/mol.